The lowest BCUT2D eigenvalue weighted by Gasteiger charge is -2.44. The summed E-state index contributed by atoms with van der Waals surface area (Å²) in [4.78, 5) is 9.06. The van der Waals surface area contributed by atoms with Crippen molar-refractivity contribution >= 4 is 17.5 Å². The van der Waals surface area contributed by atoms with E-state index in [1.54, 1.807) is 37.3 Å². The van der Waals surface area contributed by atoms with E-state index in [-0.39, 0.29) is 18.4 Å². The minimum atomic E-state index is -1.50. The Kier molecular flexibility index (Phi) is 6.39. The molecule has 2 aromatic carbocycles. The summed E-state index contributed by atoms with van der Waals surface area (Å²) in [6.07, 6.45) is 0. The van der Waals surface area contributed by atoms with Gasteiger partial charge in [0.25, 0.3) is 0 Å². The molecule has 4 rings (SSSR count). The summed E-state index contributed by atoms with van der Waals surface area (Å²) >= 11 is 0. The highest BCUT2D eigenvalue weighted by molar-refractivity contribution is 5.75. The summed E-state index contributed by atoms with van der Waals surface area (Å²) < 4.78 is 12.9. The van der Waals surface area contributed by atoms with Crippen LogP contribution in [-0.2, 0) is 6.54 Å². The highest BCUT2D eigenvalue weighted by atomic mass is 19.1. The molecule has 2 heterocycles. The number of quaternary nitrogens is 1. The molecule has 5 N–H and O–H groups in total. The summed E-state index contributed by atoms with van der Waals surface area (Å²) in [5.41, 5.74) is 1.17. The van der Waals surface area contributed by atoms with Crippen LogP contribution in [0.4, 0.5) is 21.8 Å². The zero-order chi connectivity index (χ0) is 23.6. The number of nitrogens with zero attached hydrogens (tertiary/aromatic N) is 3. The highest BCUT2D eigenvalue weighted by Crippen LogP contribution is 2.41. The van der Waals surface area contributed by atoms with Crippen molar-refractivity contribution in [3.8, 4) is 11.3 Å². The zero-order valence-corrected chi connectivity index (χ0v) is 18.1. The molecule has 33 heavy (non-hydrogen) atoms. The first kappa shape index (κ1) is 23.2. The monoisotopic (exact) mass is 455 g/mol. The van der Waals surface area contributed by atoms with Crippen molar-refractivity contribution in [2.24, 2.45) is 0 Å². The third-order valence-electron chi connectivity index (χ3n) is 5.87. The van der Waals surface area contributed by atoms with Crippen molar-refractivity contribution in [3.63, 3.8) is 0 Å². The molecule has 0 aliphatic carbocycles. The molecule has 1 aliphatic heterocycles. The second-order valence-electron chi connectivity index (χ2n) is 8.20. The molecule has 1 atom stereocenters. The predicted octanol–water partition coefficient (Wildman–Crippen LogP) is 1.92. The molecule has 1 aromatic heterocycles. The van der Waals surface area contributed by atoms with Gasteiger partial charge < -0.3 is 25.8 Å². The number of benzene rings is 2. The number of aromatic nitrogens is 2. The number of nitrogens with one attached hydrogen (secondary N) is 2. The van der Waals surface area contributed by atoms with Gasteiger partial charge in [0.2, 0.25) is 11.8 Å². The second kappa shape index (κ2) is 9.10. The van der Waals surface area contributed by atoms with E-state index in [0.29, 0.717) is 34.6 Å². The van der Waals surface area contributed by atoms with Crippen LogP contribution in [-0.4, -0.2) is 57.3 Å². The number of aryl methyl sites for hydroxylation is 1. The summed E-state index contributed by atoms with van der Waals surface area (Å²) in [6.45, 7) is 0.309. The number of hydrogen-bond donors (Lipinski definition) is 5. The smallest absolute Gasteiger partial charge is 0.243 e. The number of aliphatic hydroxyl groups excluding tert-OH is 3. The summed E-state index contributed by atoms with van der Waals surface area (Å²) in [7, 11) is 0. The molecule has 1 aliphatic rings. The van der Waals surface area contributed by atoms with Gasteiger partial charge in [-0.3, -0.25) is 9.96 Å². The Morgan fingerprint density at radius 3 is 2.42 bits per heavy atom. The Balaban J connectivity index is 1.96. The van der Waals surface area contributed by atoms with Crippen LogP contribution in [0.25, 0.3) is 11.3 Å². The Hall–Kier alpha value is -2.99. The number of halogens is 1. The van der Waals surface area contributed by atoms with E-state index in [4.69, 9.17) is 0 Å². The minimum absolute atomic E-state index is 0.0282. The van der Waals surface area contributed by atoms with Crippen LogP contribution in [0.5, 0.6) is 0 Å². The molecule has 0 fully saturated rings. The fourth-order valence-electron chi connectivity index (χ4n) is 3.91. The van der Waals surface area contributed by atoms with Gasteiger partial charge in [0.15, 0.2) is 0 Å². The summed E-state index contributed by atoms with van der Waals surface area (Å²) in [5.74, 6) is -0.256. The van der Waals surface area contributed by atoms with Gasteiger partial charge >= 0.3 is 0 Å². The SMILES string of the molecule is Cc1cc(F)ccc1-c1nc(NC(CO)(CO)CO)nc2c1CNC[N+]2([O-])c1ccccc1. The molecule has 0 spiro atoms. The van der Waals surface area contributed by atoms with Crippen LogP contribution in [0.15, 0.2) is 48.5 Å². The first-order valence-corrected chi connectivity index (χ1v) is 10.5. The average Bonchev–Trinajstić information content (AvgIpc) is 2.83. The molecule has 3 aromatic rings. The van der Waals surface area contributed by atoms with Crippen molar-refractivity contribution in [3.05, 3.63) is 70.7 Å². The first-order chi connectivity index (χ1) is 15.9. The molecule has 0 bridgehead atoms. The molecule has 9 nitrogen and oxygen atoms in total. The molecule has 1 unspecified atom stereocenters. The van der Waals surface area contributed by atoms with Gasteiger partial charge in [0, 0.05) is 12.1 Å². The maximum atomic E-state index is 14.1. The van der Waals surface area contributed by atoms with Gasteiger partial charge in [-0.1, -0.05) is 18.2 Å². The first-order valence-electron chi connectivity index (χ1n) is 10.5. The van der Waals surface area contributed by atoms with Gasteiger partial charge in [-0.05, 0) is 42.8 Å². The lowest BCUT2D eigenvalue weighted by Crippen LogP contribution is -2.51. The van der Waals surface area contributed by atoms with E-state index in [2.05, 4.69) is 20.6 Å². The van der Waals surface area contributed by atoms with Crippen LogP contribution < -0.4 is 15.3 Å². The third-order valence-corrected chi connectivity index (χ3v) is 5.87. The maximum Gasteiger partial charge on any atom is 0.243 e. The molecule has 0 saturated heterocycles. The lowest BCUT2D eigenvalue weighted by molar-refractivity contribution is 0.0828. The normalized spacial score (nSPS) is 18.1. The van der Waals surface area contributed by atoms with E-state index >= 15 is 0 Å². The van der Waals surface area contributed by atoms with Crippen LogP contribution in [0.2, 0.25) is 0 Å². The van der Waals surface area contributed by atoms with Crippen molar-refractivity contribution in [2.45, 2.75) is 19.0 Å². The number of para-hydroxylation sites is 1. The lowest BCUT2D eigenvalue weighted by atomic mass is 9.99. The molecule has 0 amide bonds. The highest BCUT2D eigenvalue weighted by Gasteiger charge is 2.37. The zero-order valence-electron chi connectivity index (χ0n) is 18.1. The third kappa shape index (κ3) is 4.20. The number of hydroxylamine groups is 1. The molecule has 0 saturated carbocycles. The van der Waals surface area contributed by atoms with E-state index in [1.165, 1.54) is 12.1 Å². The van der Waals surface area contributed by atoms with Crippen molar-refractivity contribution in [1.29, 1.82) is 0 Å². The fraction of sp³-hybridized carbons (Fsp3) is 0.304. The average molecular weight is 455 g/mol. The molecule has 174 valence electrons. The fourth-order valence-corrected chi connectivity index (χ4v) is 3.91. The quantitative estimate of drug-likeness (QED) is 0.270. The van der Waals surface area contributed by atoms with Crippen molar-refractivity contribution < 1.29 is 19.7 Å². The number of rotatable bonds is 7. The molecule has 0 radical (unpaired) electrons. The van der Waals surface area contributed by atoms with Crippen LogP contribution in [0.1, 0.15) is 11.1 Å². The van der Waals surface area contributed by atoms with Crippen LogP contribution >= 0.6 is 0 Å². The number of anilines is 1. The van der Waals surface area contributed by atoms with E-state index < -0.39 is 35.8 Å². The number of fused-ring (bicyclic) bond motifs is 1. The Bertz CT molecular complexity index is 1130. The maximum absolute atomic E-state index is 14.1. The predicted molar refractivity (Wildman–Crippen MR) is 123 cm³/mol. The van der Waals surface area contributed by atoms with Crippen molar-refractivity contribution in [2.75, 3.05) is 31.8 Å². The second-order valence-corrected chi connectivity index (χ2v) is 8.20. The van der Waals surface area contributed by atoms with Gasteiger partial charge in [-0.2, -0.15) is 4.98 Å². The van der Waals surface area contributed by atoms with Gasteiger partial charge in [0.1, 0.15) is 23.7 Å². The molecular weight excluding hydrogens is 429 g/mol. The van der Waals surface area contributed by atoms with Crippen LogP contribution in [0.3, 0.4) is 0 Å². The van der Waals surface area contributed by atoms with Gasteiger partial charge in [0.05, 0.1) is 31.1 Å². The number of aliphatic hydroxyl groups is 3. The largest absolute Gasteiger partial charge is 0.620 e. The van der Waals surface area contributed by atoms with Crippen LogP contribution in [0, 0.1) is 17.9 Å². The topological polar surface area (TPSA) is 134 Å². The van der Waals surface area contributed by atoms with Gasteiger partial charge in [-0.15, -0.1) is 0 Å². The molecular formula is C23H26FN5O4. The Labute approximate surface area is 190 Å². The number of hydrogen-bond acceptors (Lipinski definition) is 8. The standard InChI is InChI=1S/C23H26FN5O4/c1-15-9-16(24)7-8-18(15)20-19-10-25-14-29(33,17-5-3-2-4-6-17)21(19)27-22(26-20)28-23(11-30,12-31)13-32/h2-9,25,30-32H,10-14H2,1H3,(H,26,27,28). The van der Waals surface area contributed by atoms with E-state index in [1.807, 2.05) is 6.07 Å². The Morgan fingerprint density at radius 1 is 1.09 bits per heavy atom. The van der Waals surface area contributed by atoms with E-state index in [0.717, 1.165) is 0 Å². The minimum Gasteiger partial charge on any atom is -0.620 e. The molecule has 10 heteroatoms. The van der Waals surface area contributed by atoms with Crippen molar-refractivity contribution in [1.82, 2.24) is 19.9 Å². The van der Waals surface area contributed by atoms with E-state index in [9.17, 15) is 24.9 Å². The Morgan fingerprint density at radius 2 is 1.79 bits per heavy atom. The summed E-state index contributed by atoms with van der Waals surface area (Å²) in [6, 6.07) is 13.0. The van der Waals surface area contributed by atoms with Gasteiger partial charge in [-0.25, -0.2) is 9.37 Å². The summed E-state index contributed by atoms with van der Waals surface area (Å²) in [5, 5.41) is 49.4.